The topological polar surface area (TPSA) is 29.1 Å². The second-order valence-corrected chi connectivity index (χ2v) is 5.57. The first-order valence-electron chi connectivity index (χ1n) is 6.39. The fourth-order valence-corrected chi connectivity index (χ4v) is 2.54. The zero-order chi connectivity index (χ0) is 14.4. The van der Waals surface area contributed by atoms with Crippen LogP contribution in [0.3, 0.4) is 0 Å². The summed E-state index contributed by atoms with van der Waals surface area (Å²) >= 11 is 1.66. The summed E-state index contributed by atoms with van der Waals surface area (Å²) in [6.45, 7) is 2.30. The highest BCUT2D eigenvalue weighted by Gasteiger charge is 2.10. The van der Waals surface area contributed by atoms with Gasteiger partial charge in [0.1, 0.15) is 5.82 Å². The molecule has 2 nitrogen and oxygen atoms in total. The molecule has 104 valence electrons. The molecule has 2 rings (SSSR count). The first-order valence-corrected chi connectivity index (χ1v) is 7.37. The van der Waals surface area contributed by atoms with E-state index in [4.69, 9.17) is 0 Å². The third-order valence-corrected chi connectivity index (χ3v) is 3.78. The summed E-state index contributed by atoms with van der Waals surface area (Å²) in [5, 5.41) is 2.73. The summed E-state index contributed by atoms with van der Waals surface area (Å²) in [7, 11) is 0. The Morgan fingerprint density at radius 2 is 1.95 bits per heavy atom. The standard InChI is InChI=1S/C16H16FNOS/c1-12-7-8-14(15(17)11-12)16(19)18-9-10-20-13-5-3-2-4-6-13/h2-8,11H,9-10H2,1H3,(H,18,19). The summed E-state index contributed by atoms with van der Waals surface area (Å²) in [4.78, 5) is 13.0. The minimum absolute atomic E-state index is 0.0975. The van der Waals surface area contributed by atoms with E-state index >= 15 is 0 Å². The van der Waals surface area contributed by atoms with E-state index in [-0.39, 0.29) is 11.5 Å². The van der Waals surface area contributed by atoms with E-state index in [9.17, 15) is 9.18 Å². The predicted molar refractivity (Wildman–Crippen MR) is 80.6 cm³/mol. The van der Waals surface area contributed by atoms with Crippen LogP contribution < -0.4 is 5.32 Å². The number of carbonyl (C=O) groups is 1. The molecule has 0 aliphatic rings. The van der Waals surface area contributed by atoms with E-state index in [1.165, 1.54) is 12.1 Å². The molecule has 1 amide bonds. The fraction of sp³-hybridized carbons (Fsp3) is 0.188. The maximum Gasteiger partial charge on any atom is 0.254 e. The SMILES string of the molecule is Cc1ccc(C(=O)NCCSc2ccccc2)c(F)c1. The number of halogens is 1. The fourth-order valence-electron chi connectivity index (χ4n) is 1.75. The third kappa shape index (κ3) is 4.10. The summed E-state index contributed by atoms with van der Waals surface area (Å²) < 4.78 is 13.6. The van der Waals surface area contributed by atoms with E-state index in [2.05, 4.69) is 5.32 Å². The Morgan fingerprint density at radius 1 is 1.20 bits per heavy atom. The number of hydrogen-bond acceptors (Lipinski definition) is 2. The van der Waals surface area contributed by atoms with E-state index < -0.39 is 5.82 Å². The molecule has 0 atom stereocenters. The van der Waals surface area contributed by atoms with Gasteiger partial charge in [-0.3, -0.25) is 4.79 Å². The summed E-state index contributed by atoms with van der Waals surface area (Å²) in [6, 6.07) is 14.6. The van der Waals surface area contributed by atoms with Crippen LogP contribution in [0.4, 0.5) is 4.39 Å². The van der Waals surface area contributed by atoms with Gasteiger partial charge in [-0.25, -0.2) is 4.39 Å². The lowest BCUT2D eigenvalue weighted by Crippen LogP contribution is -2.26. The predicted octanol–water partition coefficient (Wildman–Crippen LogP) is 3.66. The van der Waals surface area contributed by atoms with Crippen LogP contribution in [-0.4, -0.2) is 18.2 Å². The Morgan fingerprint density at radius 3 is 2.65 bits per heavy atom. The third-order valence-electron chi connectivity index (χ3n) is 2.77. The lowest BCUT2D eigenvalue weighted by Gasteiger charge is -2.06. The van der Waals surface area contributed by atoms with Gasteiger partial charge in [-0.1, -0.05) is 24.3 Å². The van der Waals surface area contributed by atoms with Crippen LogP contribution in [0.15, 0.2) is 53.4 Å². The first kappa shape index (κ1) is 14.6. The normalized spacial score (nSPS) is 10.3. The number of rotatable bonds is 5. The highest BCUT2D eigenvalue weighted by molar-refractivity contribution is 7.99. The minimum atomic E-state index is -0.474. The van der Waals surface area contributed by atoms with Crippen molar-refractivity contribution in [2.75, 3.05) is 12.3 Å². The van der Waals surface area contributed by atoms with E-state index in [0.29, 0.717) is 6.54 Å². The Labute approximate surface area is 122 Å². The van der Waals surface area contributed by atoms with Crippen molar-refractivity contribution in [3.63, 3.8) is 0 Å². The van der Waals surface area contributed by atoms with Crippen LogP contribution in [0.1, 0.15) is 15.9 Å². The van der Waals surface area contributed by atoms with Crippen LogP contribution in [-0.2, 0) is 0 Å². The van der Waals surface area contributed by atoms with Crippen LogP contribution in [0.25, 0.3) is 0 Å². The van der Waals surface area contributed by atoms with Crippen LogP contribution in [0, 0.1) is 12.7 Å². The molecule has 0 spiro atoms. The number of benzene rings is 2. The number of thioether (sulfide) groups is 1. The van der Waals surface area contributed by atoms with Gasteiger partial charge in [-0.15, -0.1) is 11.8 Å². The average Bonchev–Trinajstić information content (AvgIpc) is 2.44. The van der Waals surface area contributed by atoms with Crippen molar-refractivity contribution >= 4 is 17.7 Å². The van der Waals surface area contributed by atoms with Gasteiger partial charge in [0.2, 0.25) is 0 Å². The van der Waals surface area contributed by atoms with Crippen LogP contribution >= 0.6 is 11.8 Å². The van der Waals surface area contributed by atoms with Gasteiger partial charge in [0.25, 0.3) is 5.91 Å². The van der Waals surface area contributed by atoms with Crippen molar-refractivity contribution in [1.82, 2.24) is 5.32 Å². The van der Waals surface area contributed by atoms with Gasteiger partial charge in [0.05, 0.1) is 5.56 Å². The number of carbonyl (C=O) groups excluding carboxylic acids is 1. The molecule has 2 aromatic carbocycles. The Kier molecular flexibility index (Phi) is 5.18. The maximum atomic E-state index is 13.6. The number of hydrogen-bond donors (Lipinski definition) is 1. The lowest BCUT2D eigenvalue weighted by atomic mass is 10.1. The van der Waals surface area contributed by atoms with Crippen molar-refractivity contribution in [3.8, 4) is 0 Å². The monoisotopic (exact) mass is 289 g/mol. The molecular formula is C16H16FNOS. The molecule has 0 fully saturated rings. The van der Waals surface area contributed by atoms with Crippen LogP contribution in [0.2, 0.25) is 0 Å². The van der Waals surface area contributed by atoms with Gasteiger partial charge in [-0.2, -0.15) is 0 Å². The van der Waals surface area contributed by atoms with E-state index in [1.807, 2.05) is 30.3 Å². The minimum Gasteiger partial charge on any atom is -0.351 e. The molecule has 20 heavy (non-hydrogen) atoms. The van der Waals surface area contributed by atoms with Crippen molar-refractivity contribution in [1.29, 1.82) is 0 Å². The highest BCUT2D eigenvalue weighted by Crippen LogP contribution is 2.16. The van der Waals surface area contributed by atoms with E-state index in [1.54, 1.807) is 24.8 Å². The van der Waals surface area contributed by atoms with Crippen molar-refractivity contribution < 1.29 is 9.18 Å². The number of amides is 1. The molecule has 2 aromatic rings. The number of aryl methyl sites for hydroxylation is 1. The van der Waals surface area contributed by atoms with Gasteiger partial charge in [0, 0.05) is 17.2 Å². The molecule has 1 N–H and O–H groups in total. The van der Waals surface area contributed by atoms with Gasteiger partial charge in [0.15, 0.2) is 0 Å². The Balaban J connectivity index is 1.80. The number of nitrogens with one attached hydrogen (secondary N) is 1. The van der Waals surface area contributed by atoms with E-state index in [0.717, 1.165) is 16.2 Å². The molecule has 4 heteroatoms. The average molecular weight is 289 g/mol. The summed E-state index contributed by atoms with van der Waals surface area (Å²) in [5.74, 6) is -0.0853. The molecular weight excluding hydrogens is 273 g/mol. The second-order valence-electron chi connectivity index (χ2n) is 4.40. The second kappa shape index (κ2) is 7.10. The Hall–Kier alpha value is -1.81. The van der Waals surface area contributed by atoms with Gasteiger partial charge in [-0.05, 0) is 36.8 Å². The van der Waals surface area contributed by atoms with Crippen LogP contribution in [0.5, 0.6) is 0 Å². The molecule has 0 radical (unpaired) electrons. The summed E-state index contributed by atoms with van der Waals surface area (Å²) in [6.07, 6.45) is 0. The molecule has 0 bridgehead atoms. The van der Waals surface area contributed by atoms with Crippen molar-refractivity contribution in [3.05, 3.63) is 65.5 Å². The zero-order valence-electron chi connectivity index (χ0n) is 11.2. The molecule has 0 unspecified atom stereocenters. The van der Waals surface area contributed by atoms with Gasteiger partial charge >= 0.3 is 0 Å². The lowest BCUT2D eigenvalue weighted by molar-refractivity contribution is 0.0952. The van der Waals surface area contributed by atoms with Crippen molar-refractivity contribution in [2.45, 2.75) is 11.8 Å². The molecule has 0 aliphatic carbocycles. The highest BCUT2D eigenvalue weighted by atomic mass is 32.2. The summed E-state index contributed by atoms with van der Waals surface area (Å²) in [5.41, 5.74) is 0.902. The first-order chi connectivity index (χ1) is 9.66. The smallest absolute Gasteiger partial charge is 0.254 e. The molecule has 0 saturated carbocycles. The molecule has 0 aliphatic heterocycles. The largest absolute Gasteiger partial charge is 0.351 e. The molecule has 0 aromatic heterocycles. The molecule has 0 saturated heterocycles. The maximum absolute atomic E-state index is 13.6. The molecule has 0 heterocycles. The van der Waals surface area contributed by atoms with Crippen molar-refractivity contribution in [2.24, 2.45) is 0 Å². The Bertz CT molecular complexity index is 586. The van der Waals surface area contributed by atoms with Gasteiger partial charge < -0.3 is 5.32 Å². The quantitative estimate of drug-likeness (QED) is 0.672. The zero-order valence-corrected chi connectivity index (χ0v) is 12.0.